The molecule has 2 rings (SSSR count). The summed E-state index contributed by atoms with van der Waals surface area (Å²) in [5, 5.41) is 2.61. The minimum absolute atomic E-state index is 1.12. The van der Waals surface area contributed by atoms with Crippen molar-refractivity contribution in [3.63, 3.8) is 0 Å². The number of allylic oxidation sites excluding steroid dienone is 1. The van der Waals surface area contributed by atoms with E-state index in [2.05, 4.69) is 65.6 Å². The summed E-state index contributed by atoms with van der Waals surface area (Å²) in [4.78, 5) is 0. The molecule has 0 unspecified atom stereocenters. The highest BCUT2D eigenvalue weighted by Crippen LogP contribution is 2.23. The third kappa shape index (κ3) is 1.69. The van der Waals surface area contributed by atoms with Crippen LogP contribution in [0.1, 0.15) is 12.5 Å². The molecule has 0 nitrogen and oxygen atoms in total. The lowest BCUT2D eigenvalue weighted by atomic mass is 10.0. The summed E-state index contributed by atoms with van der Waals surface area (Å²) in [5.74, 6) is 0. The molecule has 2 aromatic carbocycles. The molecule has 14 heavy (non-hydrogen) atoms. The second-order valence-corrected chi connectivity index (χ2v) is 4.62. The fraction of sp³-hybridized carbons (Fsp3) is 0.0769. The van der Waals surface area contributed by atoms with Gasteiger partial charge in [-0.2, -0.15) is 0 Å². The number of hydrogen-bond donors (Lipinski definition) is 0. The van der Waals surface area contributed by atoms with Crippen LogP contribution in [0.2, 0.25) is 0 Å². The minimum Gasteiger partial charge on any atom is -0.0955 e. The normalized spacial score (nSPS) is 10.4. The molecule has 2 aromatic rings. The van der Waals surface area contributed by atoms with E-state index < -0.39 is 0 Å². The van der Waals surface area contributed by atoms with Crippen molar-refractivity contribution in [3.05, 3.63) is 52.1 Å². The van der Waals surface area contributed by atoms with Crippen LogP contribution in [-0.2, 0) is 0 Å². The fourth-order valence-electron chi connectivity index (χ4n) is 1.51. The van der Waals surface area contributed by atoms with Gasteiger partial charge in [-0.05, 0) is 58.0 Å². The van der Waals surface area contributed by atoms with Crippen LogP contribution >= 0.6 is 22.6 Å². The lowest BCUT2D eigenvalue weighted by Gasteiger charge is -2.04. The van der Waals surface area contributed by atoms with E-state index in [0.717, 1.165) is 5.57 Å². The monoisotopic (exact) mass is 294 g/mol. The van der Waals surface area contributed by atoms with Crippen molar-refractivity contribution in [2.75, 3.05) is 0 Å². The van der Waals surface area contributed by atoms with E-state index in [4.69, 9.17) is 0 Å². The Balaban J connectivity index is 2.73. The Morgan fingerprint density at radius 2 is 2.00 bits per heavy atom. The third-order valence-electron chi connectivity index (χ3n) is 2.32. The zero-order valence-electron chi connectivity index (χ0n) is 8.05. The average Bonchev–Trinajstić information content (AvgIpc) is 2.17. The van der Waals surface area contributed by atoms with Crippen molar-refractivity contribution in [1.29, 1.82) is 0 Å². The molecule has 0 spiro atoms. The van der Waals surface area contributed by atoms with Crippen molar-refractivity contribution in [1.82, 2.24) is 0 Å². The summed E-state index contributed by atoms with van der Waals surface area (Å²) in [7, 11) is 0. The predicted molar refractivity (Wildman–Crippen MR) is 71.4 cm³/mol. The molecule has 0 bridgehead atoms. The molecular weight excluding hydrogens is 283 g/mol. The van der Waals surface area contributed by atoms with Gasteiger partial charge in [0.15, 0.2) is 0 Å². The molecule has 0 N–H and O–H groups in total. The Morgan fingerprint density at radius 1 is 1.21 bits per heavy atom. The summed E-state index contributed by atoms with van der Waals surface area (Å²) >= 11 is 2.36. The van der Waals surface area contributed by atoms with E-state index in [0.29, 0.717) is 0 Å². The number of halogens is 1. The van der Waals surface area contributed by atoms with Gasteiger partial charge in [0.1, 0.15) is 0 Å². The number of hydrogen-bond acceptors (Lipinski definition) is 0. The van der Waals surface area contributed by atoms with Crippen molar-refractivity contribution in [2.45, 2.75) is 6.92 Å². The van der Waals surface area contributed by atoms with Crippen molar-refractivity contribution in [2.24, 2.45) is 0 Å². The van der Waals surface area contributed by atoms with Crippen LogP contribution in [0.15, 0.2) is 43.0 Å². The largest absolute Gasteiger partial charge is 0.0955 e. The molecule has 0 fully saturated rings. The SMILES string of the molecule is C=C(C)c1ccc2c(I)cccc2c1. The van der Waals surface area contributed by atoms with Crippen LogP contribution in [0, 0.1) is 3.57 Å². The molecule has 0 aliphatic rings. The highest BCUT2D eigenvalue weighted by Gasteiger charge is 1.99. The first kappa shape index (κ1) is 9.71. The molecule has 0 aliphatic heterocycles. The molecule has 0 saturated heterocycles. The first-order valence-electron chi connectivity index (χ1n) is 4.52. The van der Waals surface area contributed by atoms with Gasteiger partial charge in [-0.25, -0.2) is 0 Å². The van der Waals surface area contributed by atoms with E-state index >= 15 is 0 Å². The van der Waals surface area contributed by atoms with Gasteiger partial charge in [0.05, 0.1) is 0 Å². The van der Waals surface area contributed by atoms with E-state index in [-0.39, 0.29) is 0 Å². The fourth-order valence-corrected chi connectivity index (χ4v) is 2.21. The van der Waals surface area contributed by atoms with Crippen LogP contribution in [-0.4, -0.2) is 0 Å². The van der Waals surface area contributed by atoms with Crippen LogP contribution in [0.4, 0.5) is 0 Å². The van der Waals surface area contributed by atoms with E-state index in [1.54, 1.807) is 0 Å². The van der Waals surface area contributed by atoms with Crippen LogP contribution in [0.3, 0.4) is 0 Å². The molecule has 0 aromatic heterocycles. The van der Waals surface area contributed by atoms with Gasteiger partial charge in [0, 0.05) is 3.57 Å². The Hall–Kier alpha value is -0.830. The molecule has 0 atom stereocenters. The van der Waals surface area contributed by atoms with E-state index in [1.807, 2.05) is 6.92 Å². The predicted octanol–water partition coefficient (Wildman–Crippen LogP) is 4.48. The molecule has 0 heterocycles. The number of fused-ring (bicyclic) bond motifs is 1. The molecule has 1 heteroatoms. The zero-order valence-corrected chi connectivity index (χ0v) is 10.2. The Morgan fingerprint density at radius 3 is 2.71 bits per heavy atom. The molecule has 0 amide bonds. The second kappa shape index (κ2) is 3.73. The van der Waals surface area contributed by atoms with Crippen LogP contribution < -0.4 is 0 Å². The van der Waals surface area contributed by atoms with E-state index in [9.17, 15) is 0 Å². The lowest BCUT2D eigenvalue weighted by molar-refractivity contribution is 1.61. The maximum atomic E-state index is 3.95. The topological polar surface area (TPSA) is 0 Å². The minimum atomic E-state index is 1.12. The zero-order chi connectivity index (χ0) is 10.1. The molecular formula is C13H11I. The maximum Gasteiger partial charge on any atom is 0.0208 e. The Kier molecular flexibility index (Phi) is 2.59. The highest BCUT2D eigenvalue weighted by molar-refractivity contribution is 14.1. The van der Waals surface area contributed by atoms with Crippen LogP contribution in [0.25, 0.3) is 16.3 Å². The summed E-state index contributed by atoms with van der Waals surface area (Å²) < 4.78 is 1.30. The highest BCUT2D eigenvalue weighted by atomic mass is 127. The Bertz CT molecular complexity index is 498. The number of benzene rings is 2. The summed E-state index contributed by atoms with van der Waals surface area (Å²) in [6.45, 7) is 5.99. The summed E-state index contributed by atoms with van der Waals surface area (Å²) in [6, 6.07) is 12.9. The van der Waals surface area contributed by atoms with Gasteiger partial charge in [0.25, 0.3) is 0 Å². The lowest BCUT2D eigenvalue weighted by Crippen LogP contribution is -1.81. The smallest absolute Gasteiger partial charge is 0.0208 e. The maximum absolute atomic E-state index is 3.95. The Labute approximate surface area is 97.8 Å². The van der Waals surface area contributed by atoms with E-state index in [1.165, 1.54) is 19.9 Å². The van der Waals surface area contributed by atoms with Gasteiger partial charge < -0.3 is 0 Å². The standard InChI is InChI=1S/C13H11I/c1-9(2)10-6-7-12-11(8-10)4-3-5-13(12)14/h3-8H,1H2,2H3. The first-order chi connectivity index (χ1) is 6.68. The van der Waals surface area contributed by atoms with Crippen molar-refractivity contribution >= 4 is 38.9 Å². The third-order valence-corrected chi connectivity index (χ3v) is 3.26. The van der Waals surface area contributed by atoms with Crippen LogP contribution in [0.5, 0.6) is 0 Å². The molecule has 0 aliphatic carbocycles. The van der Waals surface area contributed by atoms with Crippen molar-refractivity contribution in [3.8, 4) is 0 Å². The summed E-state index contributed by atoms with van der Waals surface area (Å²) in [6.07, 6.45) is 0. The van der Waals surface area contributed by atoms with Gasteiger partial charge in [-0.1, -0.05) is 36.4 Å². The van der Waals surface area contributed by atoms with Gasteiger partial charge in [0.2, 0.25) is 0 Å². The van der Waals surface area contributed by atoms with Gasteiger partial charge in [-0.3, -0.25) is 0 Å². The molecule has 70 valence electrons. The molecule has 0 saturated carbocycles. The number of rotatable bonds is 1. The average molecular weight is 294 g/mol. The quantitative estimate of drug-likeness (QED) is 0.680. The van der Waals surface area contributed by atoms with Crippen molar-refractivity contribution < 1.29 is 0 Å². The second-order valence-electron chi connectivity index (χ2n) is 3.46. The van der Waals surface area contributed by atoms with Gasteiger partial charge >= 0.3 is 0 Å². The van der Waals surface area contributed by atoms with Gasteiger partial charge in [-0.15, -0.1) is 0 Å². The first-order valence-corrected chi connectivity index (χ1v) is 5.60. The molecule has 0 radical (unpaired) electrons. The summed E-state index contributed by atoms with van der Waals surface area (Å²) in [5.41, 5.74) is 2.34.